The number of imidazole rings is 1. The minimum atomic E-state index is -0.161. The van der Waals surface area contributed by atoms with Crippen LogP contribution in [0.5, 0.6) is 0 Å². The first-order valence-corrected chi connectivity index (χ1v) is 5.17. The Morgan fingerprint density at radius 2 is 2.47 bits per heavy atom. The normalized spacial score (nSPS) is 12.5. The van der Waals surface area contributed by atoms with Gasteiger partial charge < -0.3 is 15.6 Å². The molecule has 0 saturated carbocycles. The van der Waals surface area contributed by atoms with Crippen LogP contribution in [0.15, 0.2) is 12.4 Å². The van der Waals surface area contributed by atoms with Crippen molar-refractivity contribution in [2.75, 3.05) is 6.54 Å². The molecule has 0 fully saturated rings. The first-order chi connectivity index (χ1) is 7.19. The van der Waals surface area contributed by atoms with Gasteiger partial charge in [-0.05, 0) is 6.42 Å². The second-order valence-corrected chi connectivity index (χ2v) is 3.56. The molecular formula is C10H18N4O. The highest BCUT2D eigenvalue weighted by molar-refractivity contribution is 5.90. The van der Waals surface area contributed by atoms with Gasteiger partial charge in [-0.3, -0.25) is 4.79 Å². The predicted octanol–water partition coefficient (Wildman–Crippen LogP) is 0.277. The average Bonchev–Trinajstić information content (AvgIpc) is 2.63. The number of carbonyl (C=O) groups excluding carboxylic acids is 1. The molecule has 0 aromatic carbocycles. The third kappa shape index (κ3) is 3.06. The largest absolute Gasteiger partial charge is 0.345 e. The minimum absolute atomic E-state index is 0.0409. The summed E-state index contributed by atoms with van der Waals surface area (Å²) in [6, 6.07) is 0.0409. The molecule has 0 aliphatic carbocycles. The number of nitrogens with two attached hydrogens (primary N) is 1. The first-order valence-electron chi connectivity index (χ1n) is 5.17. The highest BCUT2D eigenvalue weighted by Crippen LogP contribution is 1.98. The Hall–Kier alpha value is -1.36. The topological polar surface area (TPSA) is 72.9 Å². The summed E-state index contributed by atoms with van der Waals surface area (Å²) >= 11 is 0. The molecule has 15 heavy (non-hydrogen) atoms. The number of amides is 1. The molecule has 0 spiro atoms. The monoisotopic (exact) mass is 210 g/mol. The molecule has 1 heterocycles. The van der Waals surface area contributed by atoms with E-state index in [9.17, 15) is 4.79 Å². The van der Waals surface area contributed by atoms with E-state index >= 15 is 0 Å². The van der Waals surface area contributed by atoms with Gasteiger partial charge in [0, 0.05) is 32.0 Å². The summed E-state index contributed by atoms with van der Waals surface area (Å²) in [7, 11) is 1.79. The molecule has 5 nitrogen and oxygen atoms in total. The fraction of sp³-hybridized carbons (Fsp3) is 0.600. The van der Waals surface area contributed by atoms with Crippen LogP contribution in [0.2, 0.25) is 0 Å². The van der Waals surface area contributed by atoms with Crippen molar-refractivity contribution >= 4 is 5.91 Å². The van der Waals surface area contributed by atoms with E-state index in [1.54, 1.807) is 24.0 Å². The summed E-state index contributed by atoms with van der Waals surface area (Å²) in [4.78, 5) is 15.7. The van der Waals surface area contributed by atoms with Crippen LogP contribution in [0.3, 0.4) is 0 Å². The molecule has 5 heteroatoms. The van der Waals surface area contributed by atoms with Gasteiger partial charge in [-0.1, -0.05) is 13.3 Å². The van der Waals surface area contributed by atoms with Crippen LogP contribution in [0.4, 0.5) is 0 Å². The highest BCUT2D eigenvalue weighted by atomic mass is 16.2. The first kappa shape index (κ1) is 11.7. The average molecular weight is 210 g/mol. The number of rotatable bonds is 5. The third-order valence-corrected chi connectivity index (χ3v) is 2.28. The molecule has 1 unspecified atom stereocenters. The number of nitrogens with zero attached hydrogens (tertiary/aromatic N) is 2. The number of aromatic nitrogens is 2. The molecule has 84 valence electrons. The summed E-state index contributed by atoms with van der Waals surface area (Å²) in [6.45, 7) is 2.53. The fourth-order valence-corrected chi connectivity index (χ4v) is 1.43. The lowest BCUT2D eigenvalue weighted by molar-refractivity contribution is 0.0922. The van der Waals surface area contributed by atoms with Gasteiger partial charge in [0.25, 0.3) is 5.91 Å². The molecule has 0 aliphatic rings. The molecule has 1 aromatic heterocycles. The van der Waals surface area contributed by atoms with Gasteiger partial charge in [0.05, 0.1) is 0 Å². The molecule has 0 bridgehead atoms. The Balaban J connectivity index is 2.58. The lowest BCUT2D eigenvalue weighted by Gasteiger charge is -2.15. The van der Waals surface area contributed by atoms with E-state index in [0.717, 1.165) is 12.8 Å². The Kier molecular flexibility index (Phi) is 4.30. The van der Waals surface area contributed by atoms with Gasteiger partial charge in [0.15, 0.2) is 5.82 Å². The van der Waals surface area contributed by atoms with Crippen molar-refractivity contribution in [3.8, 4) is 0 Å². The zero-order valence-corrected chi connectivity index (χ0v) is 9.23. The molecule has 1 rings (SSSR count). The van der Waals surface area contributed by atoms with Crippen molar-refractivity contribution in [3.63, 3.8) is 0 Å². The van der Waals surface area contributed by atoms with Gasteiger partial charge in [-0.25, -0.2) is 4.98 Å². The number of nitrogens with one attached hydrogen (secondary N) is 1. The Morgan fingerprint density at radius 1 is 1.73 bits per heavy atom. The van der Waals surface area contributed by atoms with Crippen LogP contribution < -0.4 is 11.1 Å². The maximum Gasteiger partial charge on any atom is 0.287 e. The van der Waals surface area contributed by atoms with E-state index < -0.39 is 0 Å². The van der Waals surface area contributed by atoms with Crippen LogP contribution in [0.1, 0.15) is 30.4 Å². The van der Waals surface area contributed by atoms with Crippen LogP contribution >= 0.6 is 0 Å². The number of hydrogen-bond donors (Lipinski definition) is 2. The zero-order valence-electron chi connectivity index (χ0n) is 9.23. The van der Waals surface area contributed by atoms with Gasteiger partial charge in [-0.2, -0.15) is 0 Å². The SMILES string of the molecule is CCCC(CN)NC(=O)c1nccn1C. The van der Waals surface area contributed by atoms with E-state index in [4.69, 9.17) is 5.73 Å². The predicted molar refractivity (Wildman–Crippen MR) is 58.4 cm³/mol. The van der Waals surface area contributed by atoms with E-state index in [2.05, 4.69) is 17.2 Å². The van der Waals surface area contributed by atoms with Crippen LogP contribution in [0, 0.1) is 0 Å². The molecular weight excluding hydrogens is 192 g/mol. The van der Waals surface area contributed by atoms with Crippen molar-refractivity contribution in [1.29, 1.82) is 0 Å². The molecule has 1 amide bonds. The van der Waals surface area contributed by atoms with E-state index in [1.165, 1.54) is 0 Å². The van der Waals surface area contributed by atoms with E-state index in [-0.39, 0.29) is 11.9 Å². The maximum absolute atomic E-state index is 11.7. The van der Waals surface area contributed by atoms with Crippen molar-refractivity contribution in [2.45, 2.75) is 25.8 Å². The van der Waals surface area contributed by atoms with Crippen LogP contribution in [-0.4, -0.2) is 28.0 Å². The Labute approximate surface area is 89.7 Å². The number of carbonyl (C=O) groups is 1. The van der Waals surface area contributed by atoms with Crippen LogP contribution in [0.25, 0.3) is 0 Å². The Morgan fingerprint density at radius 3 is 2.93 bits per heavy atom. The van der Waals surface area contributed by atoms with Crippen molar-refractivity contribution < 1.29 is 4.79 Å². The summed E-state index contributed by atoms with van der Waals surface area (Å²) < 4.78 is 1.69. The lowest BCUT2D eigenvalue weighted by Crippen LogP contribution is -2.40. The Bertz CT molecular complexity index is 321. The fourth-order valence-electron chi connectivity index (χ4n) is 1.43. The standard InChI is InChI=1S/C10H18N4O/c1-3-4-8(7-11)13-10(15)9-12-5-6-14(9)2/h5-6,8H,3-4,7,11H2,1-2H3,(H,13,15). The second kappa shape index (κ2) is 5.50. The molecule has 1 aromatic rings. The van der Waals surface area contributed by atoms with Gasteiger partial charge in [0.2, 0.25) is 0 Å². The lowest BCUT2D eigenvalue weighted by atomic mass is 10.1. The van der Waals surface area contributed by atoms with Crippen molar-refractivity contribution in [2.24, 2.45) is 12.8 Å². The summed E-state index contributed by atoms with van der Waals surface area (Å²) in [5.74, 6) is 0.260. The molecule has 0 saturated heterocycles. The molecule has 0 aliphatic heterocycles. The number of aryl methyl sites for hydroxylation is 1. The summed E-state index contributed by atoms with van der Waals surface area (Å²) in [5, 5.41) is 2.86. The number of hydrogen-bond acceptors (Lipinski definition) is 3. The van der Waals surface area contributed by atoms with Crippen LogP contribution in [-0.2, 0) is 7.05 Å². The van der Waals surface area contributed by atoms with Gasteiger partial charge in [-0.15, -0.1) is 0 Å². The molecule has 1 atom stereocenters. The third-order valence-electron chi connectivity index (χ3n) is 2.28. The van der Waals surface area contributed by atoms with E-state index in [1.807, 2.05) is 0 Å². The summed E-state index contributed by atoms with van der Waals surface area (Å²) in [5.41, 5.74) is 5.56. The zero-order chi connectivity index (χ0) is 11.3. The van der Waals surface area contributed by atoms with Crippen molar-refractivity contribution in [1.82, 2.24) is 14.9 Å². The minimum Gasteiger partial charge on any atom is -0.345 e. The smallest absolute Gasteiger partial charge is 0.287 e. The maximum atomic E-state index is 11.7. The molecule has 0 radical (unpaired) electrons. The second-order valence-electron chi connectivity index (χ2n) is 3.56. The summed E-state index contributed by atoms with van der Waals surface area (Å²) in [6.07, 6.45) is 5.24. The quantitative estimate of drug-likeness (QED) is 0.733. The molecule has 3 N–H and O–H groups in total. The van der Waals surface area contributed by atoms with Gasteiger partial charge in [0.1, 0.15) is 0 Å². The van der Waals surface area contributed by atoms with E-state index in [0.29, 0.717) is 12.4 Å². The van der Waals surface area contributed by atoms with Gasteiger partial charge >= 0.3 is 0 Å². The highest BCUT2D eigenvalue weighted by Gasteiger charge is 2.14. The van der Waals surface area contributed by atoms with Crippen molar-refractivity contribution in [3.05, 3.63) is 18.2 Å².